The van der Waals surface area contributed by atoms with Crippen molar-refractivity contribution in [3.63, 3.8) is 0 Å². The Bertz CT molecular complexity index is 368. The van der Waals surface area contributed by atoms with Gasteiger partial charge in [0, 0.05) is 18.2 Å². The summed E-state index contributed by atoms with van der Waals surface area (Å²) in [5.74, 6) is 1.38. The van der Waals surface area contributed by atoms with Crippen LogP contribution < -0.4 is 4.90 Å². The monoisotopic (exact) mass is 202 g/mol. The highest BCUT2D eigenvalue weighted by Gasteiger charge is 2.41. The average Bonchev–Trinajstić information content (AvgIpc) is 2.31. The summed E-state index contributed by atoms with van der Waals surface area (Å²) in [5, 5.41) is 0. The maximum atomic E-state index is 12.1. The smallest absolute Gasteiger partial charge is 0.231 e. The van der Waals surface area contributed by atoms with Crippen LogP contribution in [0.3, 0.4) is 0 Å². The number of carbonyl (C=O) groups excluding carboxylic acids is 1. The minimum atomic E-state index is 0.261. The van der Waals surface area contributed by atoms with Gasteiger partial charge in [-0.2, -0.15) is 0 Å². The van der Waals surface area contributed by atoms with Gasteiger partial charge in [-0.25, -0.2) is 4.98 Å². The SMILES string of the molecule is O=C1C2CCC(CC2)N1c1ccccn1. The molecule has 15 heavy (non-hydrogen) atoms. The van der Waals surface area contributed by atoms with E-state index < -0.39 is 0 Å². The third-order valence-corrected chi connectivity index (χ3v) is 3.54. The summed E-state index contributed by atoms with van der Waals surface area (Å²) < 4.78 is 0. The van der Waals surface area contributed by atoms with Crippen LogP contribution in [0.5, 0.6) is 0 Å². The van der Waals surface area contributed by atoms with Gasteiger partial charge in [0.25, 0.3) is 0 Å². The van der Waals surface area contributed by atoms with E-state index in [9.17, 15) is 4.79 Å². The molecule has 0 radical (unpaired) electrons. The van der Waals surface area contributed by atoms with E-state index in [1.807, 2.05) is 23.1 Å². The van der Waals surface area contributed by atoms with Crippen molar-refractivity contribution >= 4 is 11.7 Å². The van der Waals surface area contributed by atoms with Crippen molar-refractivity contribution in [3.8, 4) is 0 Å². The number of piperidine rings is 2. The number of aromatic nitrogens is 1. The number of fused-ring (bicyclic) bond motifs is 3. The van der Waals surface area contributed by atoms with E-state index in [-0.39, 0.29) is 11.8 Å². The van der Waals surface area contributed by atoms with Crippen LogP contribution in [0.15, 0.2) is 24.4 Å². The second-order valence-corrected chi connectivity index (χ2v) is 4.40. The number of pyridine rings is 1. The molecule has 1 aromatic rings. The molecule has 0 N–H and O–H groups in total. The van der Waals surface area contributed by atoms with Crippen molar-refractivity contribution in [1.29, 1.82) is 0 Å². The number of hydrogen-bond donors (Lipinski definition) is 0. The van der Waals surface area contributed by atoms with E-state index >= 15 is 0 Å². The van der Waals surface area contributed by atoms with Gasteiger partial charge in [0.1, 0.15) is 5.82 Å². The molecule has 2 saturated heterocycles. The Morgan fingerprint density at radius 2 is 2.00 bits per heavy atom. The minimum Gasteiger partial charge on any atom is -0.293 e. The number of rotatable bonds is 1. The number of amides is 1. The zero-order chi connectivity index (χ0) is 10.3. The summed E-state index contributed by atoms with van der Waals surface area (Å²) in [5.41, 5.74) is 0. The fourth-order valence-corrected chi connectivity index (χ4v) is 2.75. The molecular formula is C12H14N2O. The Labute approximate surface area is 89.1 Å². The van der Waals surface area contributed by atoms with E-state index in [2.05, 4.69) is 4.98 Å². The van der Waals surface area contributed by atoms with E-state index in [1.54, 1.807) is 6.20 Å². The van der Waals surface area contributed by atoms with E-state index in [1.165, 1.54) is 0 Å². The van der Waals surface area contributed by atoms with Crippen molar-refractivity contribution in [2.24, 2.45) is 5.92 Å². The molecule has 3 heterocycles. The van der Waals surface area contributed by atoms with E-state index in [4.69, 9.17) is 0 Å². The Morgan fingerprint density at radius 1 is 1.20 bits per heavy atom. The molecule has 78 valence electrons. The molecule has 2 bridgehead atoms. The predicted octanol–water partition coefficient (Wildman–Crippen LogP) is 1.99. The first kappa shape index (κ1) is 8.89. The summed E-state index contributed by atoms with van der Waals surface area (Å²) in [4.78, 5) is 18.3. The van der Waals surface area contributed by atoms with Crippen LogP contribution in [-0.4, -0.2) is 16.9 Å². The number of carbonyl (C=O) groups is 1. The van der Waals surface area contributed by atoms with Crippen molar-refractivity contribution in [3.05, 3.63) is 24.4 Å². The molecule has 3 heteroatoms. The van der Waals surface area contributed by atoms with Crippen LogP contribution in [0.2, 0.25) is 0 Å². The predicted molar refractivity (Wildman–Crippen MR) is 57.5 cm³/mol. The van der Waals surface area contributed by atoms with Gasteiger partial charge in [-0.05, 0) is 37.8 Å². The molecule has 3 nitrogen and oxygen atoms in total. The Balaban J connectivity index is 1.96. The first-order chi connectivity index (χ1) is 7.36. The molecule has 3 aliphatic rings. The van der Waals surface area contributed by atoms with Gasteiger partial charge in [0.15, 0.2) is 0 Å². The number of anilines is 1. The van der Waals surface area contributed by atoms with Crippen LogP contribution in [0.25, 0.3) is 0 Å². The van der Waals surface area contributed by atoms with Gasteiger partial charge in [0.05, 0.1) is 0 Å². The molecule has 1 aromatic heterocycles. The topological polar surface area (TPSA) is 33.2 Å². The first-order valence-corrected chi connectivity index (χ1v) is 5.60. The summed E-state index contributed by atoms with van der Waals surface area (Å²) in [6, 6.07) is 6.16. The third-order valence-electron chi connectivity index (χ3n) is 3.54. The quantitative estimate of drug-likeness (QED) is 0.697. The van der Waals surface area contributed by atoms with Gasteiger partial charge >= 0.3 is 0 Å². The largest absolute Gasteiger partial charge is 0.293 e. The Kier molecular flexibility index (Phi) is 1.97. The zero-order valence-corrected chi connectivity index (χ0v) is 8.60. The van der Waals surface area contributed by atoms with Gasteiger partial charge in [-0.1, -0.05) is 6.07 Å². The fourth-order valence-electron chi connectivity index (χ4n) is 2.75. The van der Waals surface area contributed by atoms with E-state index in [0.717, 1.165) is 31.5 Å². The maximum Gasteiger partial charge on any atom is 0.231 e. The third kappa shape index (κ3) is 1.34. The first-order valence-electron chi connectivity index (χ1n) is 5.60. The second kappa shape index (κ2) is 3.33. The molecule has 2 aliphatic heterocycles. The summed E-state index contributed by atoms with van der Waals surface area (Å²) in [6.45, 7) is 0. The summed E-state index contributed by atoms with van der Waals surface area (Å²) in [6.07, 6.45) is 6.20. The van der Waals surface area contributed by atoms with Crippen LogP contribution in [0.4, 0.5) is 5.82 Å². The van der Waals surface area contributed by atoms with Crippen LogP contribution in [0.1, 0.15) is 25.7 Å². The second-order valence-electron chi connectivity index (χ2n) is 4.40. The highest BCUT2D eigenvalue weighted by atomic mass is 16.2. The molecule has 3 fully saturated rings. The normalized spacial score (nSPS) is 29.6. The van der Waals surface area contributed by atoms with Crippen molar-refractivity contribution in [2.75, 3.05) is 4.90 Å². The molecule has 1 saturated carbocycles. The van der Waals surface area contributed by atoms with Crippen molar-refractivity contribution in [1.82, 2.24) is 4.98 Å². The highest BCUT2D eigenvalue weighted by Crippen LogP contribution is 2.37. The zero-order valence-electron chi connectivity index (χ0n) is 8.60. The van der Waals surface area contributed by atoms with Gasteiger partial charge in [0.2, 0.25) is 5.91 Å². The Hall–Kier alpha value is -1.38. The molecule has 0 spiro atoms. The maximum absolute atomic E-state index is 12.1. The molecule has 0 atom stereocenters. The average molecular weight is 202 g/mol. The van der Waals surface area contributed by atoms with E-state index in [0.29, 0.717) is 6.04 Å². The molecule has 0 aromatic carbocycles. The van der Waals surface area contributed by atoms with Gasteiger partial charge in [-0.3, -0.25) is 9.69 Å². The highest BCUT2D eigenvalue weighted by molar-refractivity contribution is 5.96. The number of hydrogen-bond acceptors (Lipinski definition) is 2. The Morgan fingerprint density at radius 3 is 2.60 bits per heavy atom. The molecule has 1 amide bonds. The lowest BCUT2D eigenvalue weighted by molar-refractivity contribution is -0.127. The lowest BCUT2D eigenvalue weighted by Gasteiger charge is -2.43. The summed E-state index contributed by atoms with van der Waals surface area (Å²) >= 11 is 0. The van der Waals surface area contributed by atoms with Crippen LogP contribution in [-0.2, 0) is 4.79 Å². The lowest BCUT2D eigenvalue weighted by Crippen LogP contribution is -2.52. The minimum absolute atomic E-state index is 0.261. The molecule has 4 rings (SSSR count). The molecule has 0 unspecified atom stereocenters. The molecule has 1 aliphatic carbocycles. The fraction of sp³-hybridized carbons (Fsp3) is 0.500. The van der Waals surface area contributed by atoms with Crippen LogP contribution in [0, 0.1) is 5.92 Å². The standard InChI is InChI=1S/C12H14N2O/c15-12-9-4-6-10(7-5-9)14(12)11-3-1-2-8-13-11/h1-3,8-10H,4-7H2. The summed E-state index contributed by atoms with van der Waals surface area (Å²) in [7, 11) is 0. The molecular weight excluding hydrogens is 188 g/mol. The van der Waals surface area contributed by atoms with Crippen molar-refractivity contribution in [2.45, 2.75) is 31.7 Å². The number of nitrogens with zero attached hydrogens (tertiary/aromatic N) is 2. The van der Waals surface area contributed by atoms with Gasteiger partial charge < -0.3 is 0 Å². The lowest BCUT2D eigenvalue weighted by atomic mass is 9.79. The van der Waals surface area contributed by atoms with Crippen LogP contribution >= 0.6 is 0 Å². The van der Waals surface area contributed by atoms with Crippen molar-refractivity contribution < 1.29 is 4.79 Å². The van der Waals surface area contributed by atoms with Gasteiger partial charge in [-0.15, -0.1) is 0 Å².